The van der Waals surface area contributed by atoms with Crippen molar-refractivity contribution in [2.24, 2.45) is 7.05 Å². The summed E-state index contributed by atoms with van der Waals surface area (Å²) in [5.41, 5.74) is 1.59. The van der Waals surface area contributed by atoms with Crippen LogP contribution in [0, 0.1) is 0 Å². The van der Waals surface area contributed by atoms with Gasteiger partial charge in [-0.25, -0.2) is 24.9 Å². The van der Waals surface area contributed by atoms with E-state index in [4.69, 9.17) is 9.47 Å². The fourth-order valence-electron chi connectivity index (χ4n) is 4.28. The van der Waals surface area contributed by atoms with E-state index in [0.717, 1.165) is 19.5 Å². The number of likely N-dealkylation sites (N-methyl/N-ethyl adjacent to an activating group) is 1. The lowest BCUT2D eigenvalue weighted by Gasteiger charge is -2.16. The zero-order valence-electron chi connectivity index (χ0n) is 22.2. The number of hydrogen-bond donors (Lipinski definition) is 2. The quantitative estimate of drug-likeness (QED) is 0.290. The smallest absolute Gasteiger partial charge is 0.232 e. The van der Waals surface area contributed by atoms with Gasteiger partial charge in [0.25, 0.3) is 0 Å². The number of anilines is 4. The molecule has 4 aromatic rings. The van der Waals surface area contributed by atoms with Crippen molar-refractivity contribution in [1.82, 2.24) is 39.6 Å². The first-order valence-electron chi connectivity index (χ1n) is 12.6. The van der Waals surface area contributed by atoms with E-state index in [9.17, 15) is 4.79 Å². The van der Waals surface area contributed by atoms with Crippen LogP contribution in [0.25, 0.3) is 11.4 Å². The molecule has 2 N–H and O–H groups in total. The third-order valence-electron chi connectivity index (χ3n) is 6.25. The average Bonchev–Trinajstić information content (AvgIpc) is 3.56. The predicted molar refractivity (Wildman–Crippen MR) is 145 cm³/mol. The number of Topliss-reactive ketones (excluding diaryl/α,β-unsaturated/α-hetero) is 1. The van der Waals surface area contributed by atoms with E-state index in [1.807, 2.05) is 0 Å². The van der Waals surface area contributed by atoms with Crippen molar-refractivity contribution in [2.75, 3.05) is 37.9 Å². The molecule has 0 spiro atoms. The van der Waals surface area contributed by atoms with Crippen LogP contribution in [-0.2, 0) is 7.05 Å². The van der Waals surface area contributed by atoms with Crippen molar-refractivity contribution < 1.29 is 14.3 Å². The summed E-state index contributed by atoms with van der Waals surface area (Å²) in [5.74, 6) is 2.69. The van der Waals surface area contributed by atoms with E-state index in [2.05, 4.69) is 52.6 Å². The summed E-state index contributed by atoms with van der Waals surface area (Å²) in [6, 6.07) is 3.49. The molecule has 1 fully saturated rings. The Bertz CT molecular complexity index is 1460. The Kier molecular flexibility index (Phi) is 7.59. The molecule has 1 aliphatic heterocycles. The van der Waals surface area contributed by atoms with E-state index in [1.165, 1.54) is 6.20 Å². The van der Waals surface area contributed by atoms with Crippen molar-refractivity contribution in [3.63, 3.8) is 0 Å². The van der Waals surface area contributed by atoms with E-state index in [0.29, 0.717) is 58.1 Å². The van der Waals surface area contributed by atoms with Crippen molar-refractivity contribution in [3.05, 3.63) is 48.8 Å². The van der Waals surface area contributed by atoms with Gasteiger partial charge < -0.3 is 25.0 Å². The third-order valence-corrected chi connectivity index (χ3v) is 6.25. The van der Waals surface area contributed by atoms with Gasteiger partial charge in [-0.05, 0) is 19.5 Å². The first-order valence-corrected chi connectivity index (χ1v) is 12.6. The van der Waals surface area contributed by atoms with Gasteiger partial charge in [0.15, 0.2) is 23.2 Å². The molecule has 39 heavy (non-hydrogen) atoms. The highest BCUT2D eigenvalue weighted by atomic mass is 16.5. The molecule has 0 unspecified atom stereocenters. The maximum absolute atomic E-state index is 12.7. The molecule has 5 rings (SSSR count). The Labute approximate surface area is 225 Å². The highest BCUT2D eigenvalue weighted by Gasteiger charge is 2.22. The second-order valence-electron chi connectivity index (χ2n) is 9.15. The summed E-state index contributed by atoms with van der Waals surface area (Å²) in [4.78, 5) is 36.9. The van der Waals surface area contributed by atoms with Crippen LogP contribution in [0.2, 0.25) is 0 Å². The molecule has 0 amide bonds. The second-order valence-corrected chi connectivity index (χ2v) is 9.15. The molecule has 0 bridgehead atoms. The molecular weight excluding hydrogens is 500 g/mol. The standard InChI is InChI=1S/C26H30N10O3/c1-5-20(37)18-11-28-21(33-22-12-30-23(13-29-22)39-16-7-9-35(2)14-16)10-19(18)32-26-24(38-4)17(6-8-27-26)25-31-15-36(3)34-25/h6,8,10-13,15-16H,5,7,9,14H2,1-4H3,(H2,27,28,29,32,33)/t16-/m1/s1. The lowest BCUT2D eigenvalue weighted by molar-refractivity contribution is 0.0988. The number of pyridine rings is 2. The van der Waals surface area contributed by atoms with Crippen LogP contribution in [0.3, 0.4) is 0 Å². The fraction of sp³-hybridized carbons (Fsp3) is 0.346. The number of carbonyl (C=O) groups is 1. The Morgan fingerprint density at radius 2 is 1.92 bits per heavy atom. The van der Waals surface area contributed by atoms with Crippen LogP contribution in [-0.4, -0.2) is 78.7 Å². The summed E-state index contributed by atoms with van der Waals surface area (Å²) in [6.07, 6.45) is 9.31. The Balaban J connectivity index is 1.39. The number of ketones is 1. The summed E-state index contributed by atoms with van der Waals surface area (Å²) < 4.78 is 13.2. The molecule has 0 aromatic carbocycles. The largest absolute Gasteiger partial charge is 0.492 e. The summed E-state index contributed by atoms with van der Waals surface area (Å²) in [7, 11) is 5.40. The first kappa shape index (κ1) is 26.0. The van der Waals surface area contributed by atoms with Gasteiger partial charge in [-0.2, -0.15) is 5.10 Å². The van der Waals surface area contributed by atoms with E-state index in [-0.39, 0.29) is 11.9 Å². The Hall–Kier alpha value is -4.65. The Morgan fingerprint density at radius 3 is 2.59 bits per heavy atom. The molecule has 1 aliphatic rings. The van der Waals surface area contributed by atoms with Gasteiger partial charge in [0, 0.05) is 45.0 Å². The van der Waals surface area contributed by atoms with Crippen molar-refractivity contribution >= 4 is 28.9 Å². The minimum Gasteiger partial charge on any atom is -0.492 e. The number of methoxy groups -OCH3 is 1. The van der Waals surface area contributed by atoms with Gasteiger partial charge in [0.1, 0.15) is 24.1 Å². The minimum absolute atomic E-state index is 0.0723. The van der Waals surface area contributed by atoms with Gasteiger partial charge in [0.05, 0.1) is 36.3 Å². The van der Waals surface area contributed by atoms with Gasteiger partial charge in [-0.15, -0.1) is 0 Å². The third kappa shape index (κ3) is 5.93. The highest BCUT2D eigenvalue weighted by Crippen LogP contribution is 2.36. The van der Waals surface area contributed by atoms with Crippen molar-refractivity contribution in [3.8, 4) is 23.0 Å². The van der Waals surface area contributed by atoms with Crippen LogP contribution < -0.4 is 20.1 Å². The van der Waals surface area contributed by atoms with Crippen LogP contribution >= 0.6 is 0 Å². The minimum atomic E-state index is -0.0723. The molecule has 0 radical (unpaired) electrons. The zero-order valence-corrected chi connectivity index (χ0v) is 22.2. The number of rotatable bonds is 10. The molecule has 4 aromatic heterocycles. The van der Waals surface area contributed by atoms with Crippen LogP contribution in [0.1, 0.15) is 30.1 Å². The number of nitrogens with zero attached hydrogens (tertiary/aromatic N) is 8. The normalized spacial score (nSPS) is 15.2. The molecule has 0 aliphatic carbocycles. The number of carbonyl (C=O) groups excluding carboxylic acids is 1. The predicted octanol–water partition coefficient (Wildman–Crippen LogP) is 3.23. The molecule has 0 saturated carbocycles. The van der Waals surface area contributed by atoms with Gasteiger partial charge >= 0.3 is 0 Å². The molecule has 1 saturated heterocycles. The lowest BCUT2D eigenvalue weighted by atomic mass is 10.1. The highest BCUT2D eigenvalue weighted by molar-refractivity contribution is 6.02. The number of nitrogens with one attached hydrogen (secondary N) is 2. The van der Waals surface area contributed by atoms with Crippen molar-refractivity contribution in [1.29, 1.82) is 0 Å². The number of hydrogen-bond acceptors (Lipinski definition) is 12. The first-order chi connectivity index (χ1) is 18.9. The molecular formula is C26H30N10O3. The van der Waals surface area contributed by atoms with Gasteiger partial charge in [-0.3, -0.25) is 9.48 Å². The second kappa shape index (κ2) is 11.4. The summed E-state index contributed by atoms with van der Waals surface area (Å²) in [5, 5.41) is 10.7. The molecule has 13 nitrogen and oxygen atoms in total. The summed E-state index contributed by atoms with van der Waals surface area (Å²) >= 11 is 0. The zero-order chi connectivity index (χ0) is 27.4. The fourth-order valence-corrected chi connectivity index (χ4v) is 4.28. The van der Waals surface area contributed by atoms with E-state index < -0.39 is 0 Å². The number of aryl methyl sites for hydroxylation is 1. The number of aromatic nitrogens is 7. The molecule has 202 valence electrons. The Morgan fingerprint density at radius 1 is 1.08 bits per heavy atom. The monoisotopic (exact) mass is 530 g/mol. The molecule has 1 atom stereocenters. The number of likely N-dealkylation sites (tertiary alicyclic amines) is 1. The number of ether oxygens (including phenoxy) is 2. The van der Waals surface area contributed by atoms with Crippen LogP contribution in [0.4, 0.5) is 23.1 Å². The maximum Gasteiger partial charge on any atom is 0.232 e. The SMILES string of the molecule is CCC(=O)c1cnc(Nc2cnc(O[C@@H]3CCN(C)C3)cn2)cc1Nc1nccc(-c2ncn(C)n2)c1OC. The van der Waals surface area contributed by atoms with Crippen LogP contribution in [0.15, 0.2) is 43.2 Å². The van der Waals surface area contributed by atoms with Crippen LogP contribution in [0.5, 0.6) is 11.6 Å². The van der Waals surface area contributed by atoms with Gasteiger partial charge in [0.2, 0.25) is 5.88 Å². The van der Waals surface area contributed by atoms with E-state index in [1.54, 1.807) is 62.8 Å². The lowest BCUT2D eigenvalue weighted by Crippen LogP contribution is -2.21. The van der Waals surface area contributed by atoms with E-state index >= 15 is 0 Å². The topological polar surface area (TPSA) is 145 Å². The molecule has 13 heteroatoms. The summed E-state index contributed by atoms with van der Waals surface area (Å²) in [6.45, 7) is 3.67. The average molecular weight is 531 g/mol. The molecule has 5 heterocycles. The maximum atomic E-state index is 12.7. The van der Waals surface area contributed by atoms with Crippen molar-refractivity contribution in [2.45, 2.75) is 25.9 Å². The van der Waals surface area contributed by atoms with Gasteiger partial charge in [-0.1, -0.05) is 6.92 Å².